The number of aliphatic hydroxyl groups is 1. The van der Waals surface area contributed by atoms with Gasteiger partial charge >= 0.3 is 0 Å². The van der Waals surface area contributed by atoms with Gasteiger partial charge in [0, 0.05) is 28.8 Å². The van der Waals surface area contributed by atoms with Gasteiger partial charge in [0.25, 0.3) is 5.91 Å². The summed E-state index contributed by atoms with van der Waals surface area (Å²) in [6, 6.07) is 5.79. The van der Waals surface area contributed by atoms with Crippen molar-refractivity contribution in [3.05, 3.63) is 22.2 Å². The third-order valence-corrected chi connectivity index (χ3v) is 3.97. The number of benzene rings is 1. The standard InChI is InChI=1S/C15H18BrN3O2/c1-9(2)8-19(5-3-4-17)13-7-12-10(6-11(13)16)14(20)15(21)18-12/h6-7,9,14,20H,3,5,8H2,1-2H3,(H,18,21). The molecule has 0 spiro atoms. The van der Waals surface area contributed by atoms with Crippen LogP contribution in [0, 0.1) is 17.2 Å². The average molecular weight is 352 g/mol. The van der Waals surface area contributed by atoms with Crippen LogP contribution in [0.25, 0.3) is 0 Å². The third kappa shape index (κ3) is 3.36. The lowest BCUT2D eigenvalue weighted by atomic mass is 10.1. The summed E-state index contributed by atoms with van der Waals surface area (Å²) in [6.45, 7) is 5.68. The normalized spacial score (nSPS) is 16.6. The van der Waals surface area contributed by atoms with Crippen LogP contribution in [0.2, 0.25) is 0 Å². The van der Waals surface area contributed by atoms with Gasteiger partial charge in [0.2, 0.25) is 0 Å². The zero-order chi connectivity index (χ0) is 15.6. The SMILES string of the molecule is CC(C)CN(CCC#N)c1cc2c(cc1Br)C(O)C(=O)N2. The molecule has 1 atom stereocenters. The number of nitriles is 1. The highest BCUT2D eigenvalue weighted by Gasteiger charge is 2.30. The molecular weight excluding hydrogens is 334 g/mol. The van der Waals surface area contributed by atoms with Crippen LogP contribution in [-0.2, 0) is 4.79 Å². The summed E-state index contributed by atoms with van der Waals surface area (Å²) in [5, 5.41) is 21.3. The maximum absolute atomic E-state index is 11.5. The van der Waals surface area contributed by atoms with Gasteiger partial charge in [0.15, 0.2) is 6.10 Å². The number of hydrogen-bond acceptors (Lipinski definition) is 4. The van der Waals surface area contributed by atoms with Gasteiger partial charge in [-0.15, -0.1) is 0 Å². The lowest BCUT2D eigenvalue weighted by molar-refractivity contribution is -0.123. The largest absolute Gasteiger partial charge is 0.378 e. The van der Waals surface area contributed by atoms with E-state index in [1.165, 1.54) is 0 Å². The Morgan fingerprint density at radius 2 is 2.24 bits per heavy atom. The van der Waals surface area contributed by atoms with Crippen molar-refractivity contribution in [3.63, 3.8) is 0 Å². The number of rotatable bonds is 5. The highest BCUT2D eigenvalue weighted by atomic mass is 79.9. The number of fused-ring (bicyclic) bond motifs is 1. The minimum atomic E-state index is -1.11. The van der Waals surface area contributed by atoms with Gasteiger partial charge in [-0.05, 0) is 34.0 Å². The second-order valence-electron chi connectivity index (χ2n) is 5.53. The summed E-state index contributed by atoms with van der Waals surface area (Å²) in [5.41, 5.74) is 2.14. The Morgan fingerprint density at radius 3 is 2.86 bits per heavy atom. The first-order valence-electron chi connectivity index (χ1n) is 6.88. The predicted octanol–water partition coefficient (Wildman–Crippen LogP) is 2.81. The Hall–Kier alpha value is -1.58. The molecule has 0 aromatic heterocycles. The number of amides is 1. The molecule has 5 nitrogen and oxygen atoms in total. The monoisotopic (exact) mass is 351 g/mol. The number of aliphatic hydroxyl groups excluding tert-OH is 1. The molecule has 1 aromatic carbocycles. The van der Waals surface area contributed by atoms with E-state index in [0.29, 0.717) is 30.1 Å². The minimum Gasteiger partial charge on any atom is -0.378 e. The number of nitrogens with zero attached hydrogens (tertiary/aromatic N) is 2. The highest BCUT2D eigenvalue weighted by Crippen LogP contribution is 2.39. The van der Waals surface area contributed by atoms with Crippen molar-refractivity contribution in [1.29, 1.82) is 5.26 Å². The van der Waals surface area contributed by atoms with E-state index < -0.39 is 12.0 Å². The maximum atomic E-state index is 11.5. The molecule has 1 aliphatic heterocycles. The van der Waals surface area contributed by atoms with E-state index in [9.17, 15) is 9.90 Å². The van der Waals surface area contributed by atoms with Crippen molar-refractivity contribution in [2.24, 2.45) is 5.92 Å². The molecule has 1 aromatic rings. The molecule has 1 aliphatic rings. The molecule has 2 N–H and O–H groups in total. The molecule has 2 rings (SSSR count). The van der Waals surface area contributed by atoms with Gasteiger partial charge in [0.1, 0.15) is 0 Å². The maximum Gasteiger partial charge on any atom is 0.257 e. The quantitative estimate of drug-likeness (QED) is 0.854. The number of carbonyl (C=O) groups excluding carboxylic acids is 1. The summed E-state index contributed by atoms with van der Waals surface area (Å²) < 4.78 is 0.815. The Kier molecular flexibility index (Phi) is 4.86. The Bertz CT molecular complexity index is 595. The summed E-state index contributed by atoms with van der Waals surface area (Å²) in [7, 11) is 0. The molecule has 6 heteroatoms. The van der Waals surface area contributed by atoms with E-state index in [0.717, 1.165) is 16.7 Å². The van der Waals surface area contributed by atoms with Crippen molar-refractivity contribution >= 4 is 33.2 Å². The van der Waals surface area contributed by atoms with E-state index in [1.54, 1.807) is 6.07 Å². The van der Waals surface area contributed by atoms with Crippen LogP contribution in [0.4, 0.5) is 11.4 Å². The molecular formula is C15H18BrN3O2. The molecule has 0 saturated carbocycles. The van der Waals surface area contributed by atoms with Crippen molar-refractivity contribution in [1.82, 2.24) is 0 Å². The topological polar surface area (TPSA) is 76.4 Å². The van der Waals surface area contributed by atoms with Gasteiger partial charge < -0.3 is 15.3 Å². The van der Waals surface area contributed by atoms with Crippen LogP contribution >= 0.6 is 15.9 Å². The van der Waals surface area contributed by atoms with Crippen LogP contribution in [0.15, 0.2) is 16.6 Å². The summed E-state index contributed by atoms with van der Waals surface area (Å²) >= 11 is 3.51. The summed E-state index contributed by atoms with van der Waals surface area (Å²) in [6.07, 6.45) is -0.673. The minimum absolute atomic E-state index is 0.401. The van der Waals surface area contributed by atoms with Crippen molar-refractivity contribution in [3.8, 4) is 6.07 Å². The smallest absolute Gasteiger partial charge is 0.257 e. The lowest BCUT2D eigenvalue weighted by Crippen LogP contribution is -2.29. The van der Waals surface area contributed by atoms with E-state index in [2.05, 4.69) is 46.1 Å². The third-order valence-electron chi connectivity index (χ3n) is 3.34. The average Bonchev–Trinajstić information content (AvgIpc) is 2.69. The summed E-state index contributed by atoms with van der Waals surface area (Å²) in [5.74, 6) is 0.0468. The van der Waals surface area contributed by atoms with E-state index in [1.807, 2.05) is 6.07 Å². The van der Waals surface area contributed by atoms with Crippen LogP contribution < -0.4 is 10.2 Å². The molecule has 0 aliphatic carbocycles. The molecule has 0 radical (unpaired) electrons. The Balaban J connectivity index is 2.36. The summed E-state index contributed by atoms with van der Waals surface area (Å²) in [4.78, 5) is 13.7. The van der Waals surface area contributed by atoms with Gasteiger partial charge in [-0.3, -0.25) is 4.79 Å². The predicted molar refractivity (Wildman–Crippen MR) is 85.0 cm³/mol. The lowest BCUT2D eigenvalue weighted by Gasteiger charge is -2.27. The number of carbonyl (C=O) groups is 1. The van der Waals surface area contributed by atoms with Gasteiger partial charge in [0.05, 0.1) is 18.2 Å². The Morgan fingerprint density at radius 1 is 1.52 bits per heavy atom. The fourth-order valence-electron chi connectivity index (χ4n) is 2.43. The Labute approximate surface area is 132 Å². The van der Waals surface area contributed by atoms with Gasteiger partial charge in [-0.1, -0.05) is 13.8 Å². The number of hydrogen-bond donors (Lipinski definition) is 2. The second-order valence-corrected chi connectivity index (χ2v) is 6.38. The van der Waals surface area contributed by atoms with Crippen molar-refractivity contribution in [2.75, 3.05) is 23.3 Å². The van der Waals surface area contributed by atoms with E-state index in [4.69, 9.17) is 5.26 Å². The van der Waals surface area contributed by atoms with Gasteiger partial charge in [-0.25, -0.2) is 0 Å². The van der Waals surface area contributed by atoms with E-state index >= 15 is 0 Å². The van der Waals surface area contributed by atoms with Crippen LogP contribution in [0.5, 0.6) is 0 Å². The second kappa shape index (κ2) is 6.46. The fraction of sp³-hybridized carbons (Fsp3) is 0.467. The number of halogens is 1. The highest BCUT2D eigenvalue weighted by molar-refractivity contribution is 9.10. The zero-order valence-corrected chi connectivity index (χ0v) is 13.6. The number of nitrogens with one attached hydrogen (secondary N) is 1. The molecule has 112 valence electrons. The van der Waals surface area contributed by atoms with Crippen LogP contribution in [0.3, 0.4) is 0 Å². The zero-order valence-electron chi connectivity index (χ0n) is 12.1. The number of anilines is 2. The molecule has 21 heavy (non-hydrogen) atoms. The van der Waals surface area contributed by atoms with Crippen molar-refractivity contribution in [2.45, 2.75) is 26.4 Å². The molecule has 0 fully saturated rings. The molecule has 0 saturated heterocycles. The van der Waals surface area contributed by atoms with Gasteiger partial charge in [-0.2, -0.15) is 5.26 Å². The van der Waals surface area contributed by atoms with Crippen LogP contribution in [0.1, 0.15) is 31.9 Å². The first kappa shape index (κ1) is 15.8. The molecule has 0 bridgehead atoms. The molecule has 1 heterocycles. The van der Waals surface area contributed by atoms with E-state index in [-0.39, 0.29) is 0 Å². The fourth-order valence-corrected chi connectivity index (χ4v) is 3.04. The first-order valence-corrected chi connectivity index (χ1v) is 7.67. The van der Waals surface area contributed by atoms with Crippen LogP contribution in [-0.4, -0.2) is 24.1 Å². The van der Waals surface area contributed by atoms with Crippen molar-refractivity contribution < 1.29 is 9.90 Å². The molecule has 1 amide bonds. The molecule has 1 unspecified atom stereocenters. The first-order chi connectivity index (χ1) is 9.93.